The van der Waals surface area contributed by atoms with Gasteiger partial charge in [-0.15, -0.1) is 0 Å². The molecule has 3 aromatic heterocycles. The van der Waals surface area contributed by atoms with E-state index in [1.807, 2.05) is 60.7 Å². The molecule has 0 bridgehead atoms. The van der Waals surface area contributed by atoms with Crippen molar-refractivity contribution in [1.82, 2.24) is 24.1 Å². The lowest BCUT2D eigenvalue weighted by Crippen LogP contribution is -2.06. The molecule has 0 atom stereocenters. The Kier molecular flexibility index (Phi) is 7.42. The molecule has 3 heterocycles. The maximum atomic E-state index is 5.09. The molecule has 8 aromatic carbocycles. The van der Waals surface area contributed by atoms with Crippen LogP contribution in [-0.2, 0) is 0 Å². The first-order chi connectivity index (χ1) is 27.8. The molecule has 0 radical (unpaired) electrons. The van der Waals surface area contributed by atoms with Gasteiger partial charge in [0.15, 0.2) is 11.6 Å². The van der Waals surface area contributed by atoms with E-state index in [2.05, 4.69) is 149 Å². The highest BCUT2D eigenvalue weighted by molar-refractivity contribution is 6.16. The Balaban J connectivity index is 1.03. The van der Waals surface area contributed by atoms with Crippen LogP contribution < -0.4 is 0 Å². The largest absolute Gasteiger partial charge is 0.309 e. The fourth-order valence-electron chi connectivity index (χ4n) is 8.22. The summed E-state index contributed by atoms with van der Waals surface area (Å²) in [7, 11) is 0. The molecule has 0 fully saturated rings. The molecule has 0 unspecified atom stereocenters. The quantitative estimate of drug-likeness (QED) is 0.172. The zero-order valence-corrected chi connectivity index (χ0v) is 30.3. The van der Waals surface area contributed by atoms with Gasteiger partial charge >= 0.3 is 0 Å². The van der Waals surface area contributed by atoms with Crippen molar-refractivity contribution in [3.05, 3.63) is 200 Å². The van der Waals surface area contributed by atoms with Crippen LogP contribution in [0.25, 0.3) is 100 Å². The van der Waals surface area contributed by atoms with Crippen molar-refractivity contribution >= 4 is 43.6 Å². The molecule has 0 aliphatic rings. The normalized spacial score (nSPS) is 11.6. The molecule has 11 aromatic rings. The molecule has 0 saturated carbocycles. The van der Waals surface area contributed by atoms with Crippen molar-refractivity contribution in [3.63, 3.8) is 0 Å². The zero-order valence-electron chi connectivity index (χ0n) is 30.3. The number of fused-ring (bicyclic) bond motifs is 6. The van der Waals surface area contributed by atoms with E-state index in [9.17, 15) is 0 Å². The minimum absolute atomic E-state index is 0.587. The summed E-state index contributed by atoms with van der Waals surface area (Å²) in [4.78, 5) is 15.1. The van der Waals surface area contributed by atoms with E-state index >= 15 is 0 Å². The lowest BCUT2D eigenvalue weighted by atomic mass is 9.96. The zero-order chi connectivity index (χ0) is 37.0. The molecule has 0 aliphatic carbocycles. The Morgan fingerprint density at radius 1 is 0.304 bits per heavy atom. The summed E-state index contributed by atoms with van der Waals surface area (Å²) in [6.07, 6.45) is 0. The minimum atomic E-state index is 0.587. The molecule has 0 saturated heterocycles. The average Bonchev–Trinajstić information content (AvgIpc) is 3.80. The van der Waals surface area contributed by atoms with Crippen molar-refractivity contribution in [3.8, 4) is 56.7 Å². The lowest BCUT2D eigenvalue weighted by Gasteiger charge is -2.11. The first-order valence-electron chi connectivity index (χ1n) is 18.9. The summed E-state index contributed by atoms with van der Waals surface area (Å²) >= 11 is 0. The van der Waals surface area contributed by atoms with E-state index < -0.39 is 0 Å². The summed E-state index contributed by atoms with van der Waals surface area (Å²) in [5.74, 6) is 1.86. The third kappa shape index (κ3) is 5.21. The SMILES string of the molecule is c1ccc(-c2nc(-c3ccccc3)nc(-n3c4ccccc4c4cc(-c5ccc(-c6cccc7c6c6ccccc6n7-c6ccccc6)cc5)ccc43)n2)cc1. The van der Waals surface area contributed by atoms with Gasteiger partial charge in [-0.1, -0.05) is 158 Å². The van der Waals surface area contributed by atoms with Crippen LogP contribution in [0.4, 0.5) is 0 Å². The van der Waals surface area contributed by atoms with E-state index in [0.29, 0.717) is 17.6 Å². The maximum absolute atomic E-state index is 5.09. The van der Waals surface area contributed by atoms with Gasteiger partial charge in [-0.25, -0.2) is 4.98 Å². The number of para-hydroxylation sites is 3. The van der Waals surface area contributed by atoms with Gasteiger partial charge in [0, 0.05) is 38.4 Å². The second-order valence-electron chi connectivity index (χ2n) is 14.1. The van der Waals surface area contributed by atoms with Crippen LogP contribution in [0.5, 0.6) is 0 Å². The van der Waals surface area contributed by atoms with Gasteiger partial charge in [0.2, 0.25) is 5.95 Å². The van der Waals surface area contributed by atoms with E-state index in [1.54, 1.807) is 0 Å². The first kappa shape index (κ1) is 31.9. The topological polar surface area (TPSA) is 48.5 Å². The molecule has 0 aliphatic heterocycles. The number of benzene rings is 8. The van der Waals surface area contributed by atoms with Crippen molar-refractivity contribution in [2.24, 2.45) is 0 Å². The van der Waals surface area contributed by atoms with Crippen LogP contribution in [0.3, 0.4) is 0 Å². The van der Waals surface area contributed by atoms with E-state index in [1.165, 1.54) is 32.9 Å². The van der Waals surface area contributed by atoms with Gasteiger partial charge in [-0.05, 0) is 64.7 Å². The van der Waals surface area contributed by atoms with Crippen LogP contribution in [-0.4, -0.2) is 24.1 Å². The van der Waals surface area contributed by atoms with Crippen molar-refractivity contribution in [2.45, 2.75) is 0 Å². The molecule has 11 rings (SSSR count). The smallest absolute Gasteiger partial charge is 0.238 e. The number of hydrogen-bond donors (Lipinski definition) is 0. The highest BCUT2D eigenvalue weighted by Gasteiger charge is 2.19. The molecule has 0 spiro atoms. The van der Waals surface area contributed by atoms with Gasteiger partial charge in [-0.2, -0.15) is 9.97 Å². The molecular formula is C51H33N5. The van der Waals surface area contributed by atoms with E-state index in [0.717, 1.165) is 49.7 Å². The summed E-state index contributed by atoms with van der Waals surface area (Å²) in [6.45, 7) is 0. The highest BCUT2D eigenvalue weighted by atomic mass is 15.2. The molecule has 0 N–H and O–H groups in total. The van der Waals surface area contributed by atoms with Crippen LogP contribution in [0.1, 0.15) is 0 Å². The molecule has 5 heteroatoms. The van der Waals surface area contributed by atoms with Gasteiger partial charge < -0.3 is 4.57 Å². The summed E-state index contributed by atoms with van der Waals surface area (Å²) in [5, 5.41) is 4.80. The molecular weight excluding hydrogens is 683 g/mol. The molecule has 262 valence electrons. The second kappa shape index (κ2) is 13.0. The van der Waals surface area contributed by atoms with Gasteiger partial charge in [-0.3, -0.25) is 4.57 Å². The predicted octanol–water partition coefficient (Wildman–Crippen LogP) is 12.7. The van der Waals surface area contributed by atoms with E-state index in [4.69, 9.17) is 15.0 Å². The molecule has 5 nitrogen and oxygen atoms in total. The standard InChI is InChI=1S/C51H33N5/c1-4-15-36(16-5-1)49-52-50(37-17-6-2-7-18-37)54-51(53-49)56-44-24-12-10-21-41(44)43-33-38(31-32-46(43)56)34-27-29-35(30-28-34)40-23-14-26-47-48(40)42-22-11-13-25-45(42)55(47)39-19-8-3-9-20-39/h1-33H. The van der Waals surface area contributed by atoms with Crippen LogP contribution in [0.2, 0.25) is 0 Å². The number of aromatic nitrogens is 5. The first-order valence-corrected chi connectivity index (χ1v) is 18.9. The second-order valence-corrected chi connectivity index (χ2v) is 14.1. The highest BCUT2D eigenvalue weighted by Crippen LogP contribution is 2.40. The van der Waals surface area contributed by atoms with Crippen molar-refractivity contribution in [1.29, 1.82) is 0 Å². The lowest BCUT2D eigenvalue weighted by molar-refractivity contribution is 0.953. The Morgan fingerprint density at radius 2 is 0.821 bits per heavy atom. The van der Waals surface area contributed by atoms with Gasteiger partial charge in [0.05, 0.1) is 22.1 Å². The van der Waals surface area contributed by atoms with Gasteiger partial charge in [0.1, 0.15) is 0 Å². The Labute approximate surface area is 323 Å². The number of hydrogen-bond acceptors (Lipinski definition) is 3. The molecule has 56 heavy (non-hydrogen) atoms. The fraction of sp³-hybridized carbons (Fsp3) is 0. The number of nitrogens with zero attached hydrogens (tertiary/aromatic N) is 5. The van der Waals surface area contributed by atoms with Crippen LogP contribution in [0, 0.1) is 0 Å². The molecule has 0 amide bonds. The fourth-order valence-corrected chi connectivity index (χ4v) is 8.22. The minimum Gasteiger partial charge on any atom is -0.309 e. The van der Waals surface area contributed by atoms with Crippen LogP contribution >= 0.6 is 0 Å². The third-order valence-corrected chi connectivity index (χ3v) is 10.8. The van der Waals surface area contributed by atoms with Gasteiger partial charge in [0.25, 0.3) is 0 Å². The third-order valence-electron chi connectivity index (χ3n) is 10.8. The van der Waals surface area contributed by atoms with Crippen LogP contribution in [0.15, 0.2) is 200 Å². The maximum Gasteiger partial charge on any atom is 0.238 e. The summed E-state index contributed by atoms with van der Waals surface area (Å²) in [6, 6.07) is 70.4. The summed E-state index contributed by atoms with van der Waals surface area (Å²) in [5.41, 5.74) is 12.2. The number of rotatable bonds is 6. The Morgan fingerprint density at radius 3 is 1.50 bits per heavy atom. The van der Waals surface area contributed by atoms with Crippen molar-refractivity contribution in [2.75, 3.05) is 0 Å². The Hall–Kier alpha value is -7.63. The summed E-state index contributed by atoms with van der Waals surface area (Å²) < 4.78 is 4.54. The van der Waals surface area contributed by atoms with E-state index in [-0.39, 0.29) is 0 Å². The Bertz CT molecular complexity index is 3160. The monoisotopic (exact) mass is 715 g/mol. The van der Waals surface area contributed by atoms with Crippen molar-refractivity contribution < 1.29 is 0 Å². The predicted molar refractivity (Wildman–Crippen MR) is 230 cm³/mol. The average molecular weight is 716 g/mol.